The summed E-state index contributed by atoms with van der Waals surface area (Å²) in [5.74, 6) is -0.919. The van der Waals surface area contributed by atoms with Gasteiger partial charge in [0, 0.05) is 18.9 Å². The molecule has 0 bridgehead atoms. The van der Waals surface area contributed by atoms with E-state index in [1.807, 2.05) is 101 Å². The van der Waals surface area contributed by atoms with E-state index < -0.39 is 35.6 Å². The van der Waals surface area contributed by atoms with Crippen LogP contribution < -0.4 is 10.6 Å². The first kappa shape index (κ1) is 33.4. The van der Waals surface area contributed by atoms with Gasteiger partial charge < -0.3 is 25.4 Å². The molecule has 6 rings (SSSR count). The SMILES string of the molecule is Cc1ncsc1-c1ccc([C@H](C)NC(=O)[C@@H]2C[C@@H](O)CN2C(=O)[C@@H](NC(=O)OCC2c3ccccc3-c3ccccc32)C(C)(C)C)cc1. The molecule has 2 heterocycles. The van der Waals surface area contributed by atoms with Gasteiger partial charge in [0.15, 0.2) is 0 Å². The van der Waals surface area contributed by atoms with Gasteiger partial charge in [-0.05, 0) is 52.6 Å². The average Bonchev–Trinajstić information content (AvgIpc) is 3.77. The highest BCUT2D eigenvalue weighted by molar-refractivity contribution is 7.13. The summed E-state index contributed by atoms with van der Waals surface area (Å²) in [5.41, 5.74) is 8.49. The van der Waals surface area contributed by atoms with E-state index in [1.54, 1.807) is 11.3 Å². The molecule has 4 atom stereocenters. The number of likely N-dealkylation sites (tertiary alicyclic amines) is 1. The molecule has 1 aromatic heterocycles. The van der Waals surface area contributed by atoms with Crippen molar-refractivity contribution in [1.29, 1.82) is 0 Å². The zero-order chi connectivity index (χ0) is 34.2. The number of aliphatic hydroxyl groups is 1. The Morgan fingerprint density at radius 2 is 1.60 bits per heavy atom. The first-order valence-electron chi connectivity index (χ1n) is 16.3. The van der Waals surface area contributed by atoms with Crippen molar-refractivity contribution in [3.8, 4) is 21.6 Å². The van der Waals surface area contributed by atoms with Crippen LogP contribution in [0.1, 0.15) is 68.5 Å². The van der Waals surface area contributed by atoms with E-state index in [9.17, 15) is 19.5 Å². The molecule has 2 aliphatic rings. The number of ether oxygens (including phenoxy) is 1. The van der Waals surface area contributed by atoms with Crippen LogP contribution in [-0.4, -0.2) is 64.2 Å². The van der Waals surface area contributed by atoms with Crippen molar-refractivity contribution in [2.24, 2.45) is 5.41 Å². The second-order valence-electron chi connectivity index (χ2n) is 13.8. The van der Waals surface area contributed by atoms with Crippen LogP contribution in [0.2, 0.25) is 0 Å². The van der Waals surface area contributed by atoms with E-state index in [1.165, 1.54) is 4.90 Å². The molecule has 1 aliphatic heterocycles. The predicted octanol–water partition coefficient (Wildman–Crippen LogP) is 6.21. The number of β-amino-alcohol motifs (C(OH)–C–C–N with tert-alkyl or cyclic N) is 1. The summed E-state index contributed by atoms with van der Waals surface area (Å²) in [7, 11) is 0. The number of rotatable bonds is 8. The number of aryl methyl sites for hydroxylation is 1. The van der Waals surface area contributed by atoms with Gasteiger partial charge in [-0.2, -0.15) is 0 Å². The molecule has 0 unspecified atom stereocenters. The Balaban J connectivity index is 1.11. The number of aromatic nitrogens is 1. The van der Waals surface area contributed by atoms with E-state index in [0.29, 0.717) is 0 Å². The molecule has 3 amide bonds. The maximum atomic E-state index is 14.1. The van der Waals surface area contributed by atoms with Crippen LogP contribution in [0, 0.1) is 12.3 Å². The summed E-state index contributed by atoms with van der Waals surface area (Å²) in [5, 5.41) is 16.4. The molecule has 1 aliphatic carbocycles. The Hall–Kier alpha value is -4.54. The number of hydrogen-bond donors (Lipinski definition) is 3. The molecule has 250 valence electrons. The van der Waals surface area contributed by atoms with Crippen molar-refractivity contribution in [3.63, 3.8) is 0 Å². The van der Waals surface area contributed by atoms with E-state index in [0.717, 1.165) is 44.0 Å². The van der Waals surface area contributed by atoms with E-state index in [2.05, 4.69) is 27.8 Å². The lowest BCUT2D eigenvalue weighted by molar-refractivity contribution is -0.142. The molecule has 0 saturated carbocycles. The molecular formula is C38H42N4O5S. The third-order valence-corrected chi connectivity index (χ3v) is 10.3. The van der Waals surface area contributed by atoms with Crippen molar-refractivity contribution >= 4 is 29.2 Å². The van der Waals surface area contributed by atoms with Gasteiger partial charge in [0.25, 0.3) is 0 Å². The van der Waals surface area contributed by atoms with Crippen molar-refractivity contribution in [3.05, 3.63) is 101 Å². The minimum atomic E-state index is -0.992. The Bertz CT molecular complexity index is 1770. The van der Waals surface area contributed by atoms with Crippen LogP contribution in [0.5, 0.6) is 0 Å². The highest BCUT2D eigenvalue weighted by Crippen LogP contribution is 2.44. The molecule has 3 aromatic carbocycles. The average molecular weight is 667 g/mol. The summed E-state index contributed by atoms with van der Waals surface area (Å²) in [6.45, 7) is 9.51. The third kappa shape index (κ3) is 6.73. The number of alkyl carbamates (subject to hydrolysis) is 1. The van der Waals surface area contributed by atoms with Crippen LogP contribution in [0.25, 0.3) is 21.6 Å². The number of thiazole rings is 1. The summed E-state index contributed by atoms with van der Waals surface area (Å²) < 4.78 is 5.76. The van der Waals surface area contributed by atoms with E-state index in [-0.39, 0.29) is 37.4 Å². The van der Waals surface area contributed by atoms with Crippen LogP contribution in [0.15, 0.2) is 78.3 Å². The maximum absolute atomic E-state index is 14.1. The van der Waals surface area contributed by atoms with Gasteiger partial charge >= 0.3 is 6.09 Å². The number of hydrogen-bond acceptors (Lipinski definition) is 7. The van der Waals surface area contributed by atoms with E-state index in [4.69, 9.17) is 4.74 Å². The normalized spacial score (nSPS) is 18.5. The molecule has 48 heavy (non-hydrogen) atoms. The van der Waals surface area contributed by atoms with Gasteiger partial charge in [0.05, 0.1) is 28.2 Å². The summed E-state index contributed by atoms with van der Waals surface area (Å²) in [4.78, 5) is 47.8. The smallest absolute Gasteiger partial charge is 0.407 e. The number of benzene rings is 3. The van der Waals surface area contributed by atoms with Crippen LogP contribution >= 0.6 is 11.3 Å². The fourth-order valence-corrected chi connectivity index (χ4v) is 7.59. The minimum Gasteiger partial charge on any atom is -0.449 e. The standard InChI is InChI=1S/C38H42N4O5S/c1-22(24-14-16-25(17-15-24)33-23(2)39-21-48-33)40-35(44)32-18-26(43)19-42(32)36(45)34(38(3,4)5)41-37(46)47-20-31-29-12-8-6-10-27(29)28-11-7-9-13-30(28)31/h6-17,21-22,26,31-32,34,43H,18-20H2,1-5H3,(H,40,44)(H,41,46)/t22-,26+,32-,34+/m0/s1. The Labute approximate surface area is 285 Å². The van der Waals surface area contributed by atoms with Crippen LogP contribution in [-0.2, 0) is 14.3 Å². The molecule has 1 fully saturated rings. The van der Waals surface area contributed by atoms with Crippen molar-refractivity contribution in [2.75, 3.05) is 13.2 Å². The predicted molar refractivity (Wildman–Crippen MR) is 186 cm³/mol. The lowest BCUT2D eigenvalue weighted by Gasteiger charge is -2.35. The van der Waals surface area contributed by atoms with Gasteiger partial charge in [-0.1, -0.05) is 93.6 Å². The number of nitrogens with one attached hydrogen (secondary N) is 2. The second-order valence-corrected chi connectivity index (χ2v) is 14.6. The lowest BCUT2D eigenvalue weighted by atomic mass is 9.85. The molecule has 4 aromatic rings. The highest BCUT2D eigenvalue weighted by atomic mass is 32.1. The Morgan fingerprint density at radius 1 is 0.979 bits per heavy atom. The molecule has 1 saturated heterocycles. The van der Waals surface area contributed by atoms with E-state index >= 15 is 0 Å². The quantitative estimate of drug-likeness (QED) is 0.206. The van der Waals surface area contributed by atoms with Crippen molar-refractivity contribution in [1.82, 2.24) is 20.5 Å². The minimum absolute atomic E-state index is 0.00680. The molecular weight excluding hydrogens is 625 g/mol. The highest BCUT2D eigenvalue weighted by Gasteiger charge is 2.45. The van der Waals surface area contributed by atoms with Gasteiger partial charge in [0.2, 0.25) is 11.8 Å². The monoisotopic (exact) mass is 666 g/mol. The van der Waals surface area contributed by atoms with Crippen LogP contribution in [0.4, 0.5) is 4.79 Å². The number of fused-ring (bicyclic) bond motifs is 3. The molecule has 10 heteroatoms. The topological polar surface area (TPSA) is 121 Å². The molecule has 0 spiro atoms. The van der Waals surface area contributed by atoms with Gasteiger partial charge in [-0.25, -0.2) is 9.78 Å². The Morgan fingerprint density at radius 3 is 2.19 bits per heavy atom. The fraction of sp³-hybridized carbons (Fsp3) is 0.368. The first-order chi connectivity index (χ1) is 22.9. The summed E-state index contributed by atoms with van der Waals surface area (Å²) in [6, 6.07) is 21.9. The number of carbonyl (C=O) groups is 3. The molecule has 0 radical (unpaired) electrons. The zero-order valence-electron chi connectivity index (χ0n) is 27.9. The zero-order valence-corrected chi connectivity index (χ0v) is 28.7. The number of nitrogens with zero attached hydrogens (tertiary/aromatic N) is 2. The molecule has 9 nitrogen and oxygen atoms in total. The summed E-state index contributed by atoms with van der Waals surface area (Å²) in [6.07, 6.45) is -1.47. The van der Waals surface area contributed by atoms with Gasteiger partial charge in [-0.15, -0.1) is 11.3 Å². The van der Waals surface area contributed by atoms with Gasteiger partial charge in [0.1, 0.15) is 18.7 Å². The number of carbonyl (C=O) groups excluding carboxylic acids is 3. The van der Waals surface area contributed by atoms with Crippen molar-refractivity contribution in [2.45, 2.75) is 71.2 Å². The van der Waals surface area contributed by atoms with Gasteiger partial charge in [-0.3, -0.25) is 9.59 Å². The first-order valence-corrected chi connectivity index (χ1v) is 17.2. The molecule has 3 N–H and O–H groups in total. The Kier molecular flexibility index (Phi) is 9.40. The van der Waals surface area contributed by atoms with Crippen molar-refractivity contribution < 1.29 is 24.2 Å². The van der Waals surface area contributed by atoms with Crippen LogP contribution in [0.3, 0.4) is 0 Å². The second kappa shape index (κ2) is 13.5. The fourth-order valence-electron chi connectivity index (χ4n) is 6.77. The largest absolute Gasteiger partial charge is 0.449 e. The number of amides is 3. The summed E-state index contributed by atoms with van der Waals surface area (Å²) >= 11 is 1.58. The number of aliphatic hydroxyl groups excluding tert-OH is 1. The lowest BCUT2D eigenvalue weighted by Crippen LogP contribution is -2.58. The third-order valence-electron chi connectivity index (χ3n) is 9.36. The maximum Gasteiger partial charge on any atom is 0.407 e.